The molecule has 2 aromatic heterocycles. The van der Waals surface area contributed by atoms with Crippen molar-refractivity contribution < 1.29 is 19.4 Å². The van der Waals surface area contributed by atoms with Crippen LogP contribution in [0.4, 0.5) is 0 Å². The molecular weight excluding hydrogens is 472 g/mol. The maximum atomic E-state index is 13.3. The van der Waals surface area contributed by atoms with Gasteiger partial charge in [0.25, 0.3) is 11.7 Å². The fourth-order valence-electron chi connectivity index (χ4n) is 4.90. The van der Waals surface area contributed by atoms with Gasteiger partial charge in [0.15, 0.2) is 0 Å². The second kappa shape index (κ2) is 9.66. The van der Waals surface area contributed by atoms with Crippen molar-refractivity contribution in [3.05, 3.63) is 92.8 Å². The zero-order valence-corrected chi connectivity index (χ0v) is 21.3. The third kappa shape index (κ3) is 4.09. The number of thiophene rings is 1. The van der Waals surface area contributed by atoms with Crippen molar-refractivity contribution in [1.29, 1.82) is 0 Å². The molecule has 36 heavy (non-hydrogen) atoms. The Hall–Kier alpha value is -3.84. The number of benzene rings is 2. The Morgan fingerprint density at radius 2 is 1.92 bits per heavy atom. The first-order valence-electron chi connectivity index (χ1n) is 12.0. The number of H-pyrrole nitrogens is 1. The lowest BCUT2D eigenvalue weighted by molar-refractivity contribution is -0.139. The van der Waals surface area contributed by atoms with Crippen LogP contribution < -0.4 is 4.74 Å². The number of ether oxygens (including phenoxy) is 1. The molecule has 184 valence electrons. The van der Waals surface area contributed by atoms with E-state index in [4.69, 9.17) is 4.74 Å². The molecule has 5 rings (SSSR count). The molecule has 1 aliphatic heterocycles. The molecule has 1 atom stereocenters. The first-order valence-corrected chi connectivity index (χ1v) is 12.9. The lowest BCUT2D eigenvalue weighted by Crippen LogP contribution is -2.31. The Balaban J connectivity index is 1.55. The maximum absolute atomic E-state index is 13.3. The highest BCUT2D eigenvalue weighted by molar-refractivity contribution is 7.10. The average Bonchev–Trinajstić information content (AvgIpc) is 3.55. The molecule has 2 aromatic carbocycles. The van der Waals surface area contributed by atoms with E-state index in [0.717, 1.165) is 38.2 Å². The topological polar surface area (TPSA) is 82.6 Å². The molecule has 1 saturated heterocycles. The highest BCUT2D eigenvalue weighted by atomic mass is 32.1. The summed E-state index contributed by atoms with van der Waals surface area (Å²) in [4.78, 5) is 32.4. The number of Topliss-reactive ketones (excluding diaryl/α,β-unsaturated/α-hetero) is 1. The molecule has 0 aliphatic carbocycles. The Kier molecular flexibility index (Phi) is 6.41. The Labute approximate surface area is 213 Å². The van der Waals surface area contributed by atoms with Crippen LogP contribution in [0.25, 0.3) is 16.7 Å². The van der Waals surface area contributed by atoms with E-state index in [9.17, 15) is 14.7 Å². The van der Waals surface area contributed by atoms with Crippen molar-refractivity contribution in [3.8, 4) is 5.75 Å². The molecule has 0 radical (unpaired) electrons. The first kappa shape index (κ1) is 23.9. The second-order valence-electron chi connectivity index (χ2n) is 8.98. The van der Waals surface area contributed by atoms with Crippen molar-refractivity contribution in [2.45, 2.75) is 33.2 Å². The summed E-state index contributed by atoms with van der Waals surface area (Å²) in [7, 11) is 0. The van der Waals surface area contributed by atoms with Crippen molar-refractivity contribution in [2.24, 2.45) is 0 Å². The number of nitrogens with one attached hydrogen (secondary N) is 1. The molecule has 2 N–H and O–H groups in total. The molecule has 0 bridgehead atoms. The first-order chi connectivity index (χ1) is 17.4. The lowest BCUT2D eigenvalue weighted by Gasteiger charge is -2.25. The number of aromatic nitrogens is 1. The van der Waals surface area contributed by atoms with Gasteiger partial charge in [-0.15, -0.1) is 11.3 Å². The number of carbonyl (C=O) groups is 2. The van der Waals surface area contributed by atoms with E-state index < -0.39 is 17.7 Å². The maximum Gasteiger partial charge on any atom is 0.295 e. The van der Waals surface area contributed by atoms with Gasteiger partial charge in [0.05, 0.1) is 18.2 Å². The van der Waals surface area contributed by atoms with E-state index in [1.807, 2.05) is 62.7 Å². The number of hydrogen-bond acceptors (Lipinski definition) is 5. The number of aryl methyl sites for hydroxylation is 2. The zero-order chi connectivity index (χ0) is 25.4. The number of aromatic amines is 1. The van der Waals surface area contributed by atoms with Crippen molar-refractivity contribution >= 4 is 39.7 Å². The number of fused-ring (bicyclic) bond motifs is 1. The largest absolute Gasteiger partial charge is 0.507 e. The van der Waals surface area contributed by atoms with E-state index in [-0.39, 0.29) is 11.3 Å². The van der Waals surface area contributed by atoms with Crippen LogP contribution in [0.5, 0.6) is 5.75 Å². The highest BCUT2D eigenvalue weighted by Crippen LogP contribution is 2.43. The number of aliphatic hydroxyl groups excluding tert-OH is 1. The van der Waals surface area contributed by atoms with Gasteiger partial charge in [0.2, 0.25) is 0 Å². The molecule has 3 heterocycles. The minimum Gasteiger partial charge on any atom is -0.507 e. The van der Waals surface area contributed by atoms with Crippen molar-refractivity contribution in [3.63, 3.8) is 0 Å². The number of likely N-dealkylation sites (tertiary alicyclic amines) is 1. The Morgan fingerprint density at radius 1 is 1.11 bits per heavy atom. The van der Waals surface area contributed by atoms with Crippen LogP contribution >= 0.6 is 11.3 Å². The third-order valence-electron chi connectivity index (χ3n) is 6.74. The van der Waals surface area contributed by atoms with Crippen molar-refractivity contribution in [1.82, 2.24) is 9.88 Å². The molecule has 0 saturated carbocycles. The minimum absolute atomic E-state index is 0.132. The summed E-state index contributed by atoms with van der Waals surface area (Å²) in [6.45, 7) is 6.66. The number of amides is 1. The predicted molar refractivity (Wildman–Crippen MR) is 142 cm³/mol. The zero-order valence-electron chi connectivity index (χ0n) is 20.5. The second-order valence-corrected chi connectivity index (χ2v) is 9.93. The summed E-state index contributed by atoms with van der Waals surface area (Å²) in [5.41, 5.74) is 4.57. The summed E-state index contributed by atoms with van der Waals surface area (Å²) in [6, 6.07) is 14.7. The van der Waals surface area contributed by atoms with Crippen LogP contribution in [-0.2, 0) is 16.0 Å². The van der Waals surface area contributed by atoms with Gasteiger partial charge in [-0.3, -0.25) is 9.59 Å². The fourth-order valence-corrected chi connectivity index (χ4v) is 5.94. The number of aliphatic hydroxyl groups is 1. The summed E-state index contributed by atoms with van der Waals surface area (Å²) >= 11 is 1.49. The molecule has 1 unspecified atom stereocenters. The number of rotatable bonds is 7. The quantitative estimate of drug-likeness (QED) is 0.188. The van der Waals surface area contributed by atoms with Crippen LogP contribution in [-0.4, -0.2) is 39.8 Å². The van der Waals surface area contributed by atoms with Crippen LogP contribution in [0.1, 0.15) is 40.1 Å². The molecule has 0 spiro atoms. The molecule has 6 nitrogen and oxygen atoms in total. The number of hydrogen-bond donors (Lipinski definition) is 2. The number of para-hydroxylation sites is 1. The van der Waals surface area contributed by atoms with Crippen molar-refractivity contribution in [2.75, 3.05) is 13.2 Å². The Morgan fingerprint density at radius 3 is 2.64 bits per heavy atom. The molecule has 1 aliphatic rings. The van der Waals surface area contributed by atoms with Gasteiger partial charge >= 0.3 is 0 Å². The van der Waals surface area contributed by atoms with Gasteiger partial charge < -0.3 is 19.7 Å². The standard InChI is InChI=1S/C29H28N2O4S/c1-4-35-23-10-9-19(15-18(23)3)26(32)24-25(28-17(2)12-14-36-28)31(29(34)27(24)33)13-11-20-16-30-22-8-6-5-7-21(20)22/h5-10,12,14-16,25,30,32H,4,11,13H2,1-3H3/b26-24-. The van der Waals surface area contributed by atoms with E-state index in [1.54, 1.807) is 23.1 Å². The van der Waals surface area contributed by atoms with E-state index in [1.165, 1.54) is 11.3 Å². The fraction of sp³-hybridized carbons (Fsp3) is 0.241. The van der Waals surface area contributed by atoms with Gasteiger partial charge in [0, 0.05) is 34.1 Å². The van der Waals surface area contributed by atoms with Gasteiger partial charge in [-0.1, -0.05) is 18.2 Å². The van der Waals surface area contributed by atoms with Crippen LogP contribution in [0.15, 0.2) is 65.7 Å². The summed E-state index contributed by atoms with van der Waals surface area (Å²) in [5.74, 6) is -0.682. The normalized spacial score (nSPS) is 17.3. The van der Waals surface area contributed by atoms with E-state index in [2.05, 4.69) is 4.98 Å². The highest BCUT2D eigenvalue weighted by Gasteiger charge is 2.46. The predicted octanol–water partition coefficient (Wildman–Crippen LogP) is 5.91. The van der Waals surface area contributed by atoms with Gasteiger partial charge in [-0.25, -0.2) is 0 Å². The molecule has 4 aromatic rings. The Bertz CT molecular complexity index is 1500. The lowest BCUT2D eigenvalue weighted by atomic mass is 9.97. The van der Waals surface area contributed by atoms with Crippen LogP contribution in [0, 0.1) is 13.8 Å². The monoisotopic (exact) mass is 500 g/mol. The minimum atomic E-state index is -0.657. The smallest absolute Gasteiger partial charge is 0.295 e. The van der Waals surface area contributed by atoms with Gasteiger partial charge in [-0.2, -0.15) is 0 Å². The molecule has 1 amide bonds. The molecule has 1 fully saturated rings. The van der Waals surface area contributed by atoms with E-state index in [0.29, 0.717) is 25.1 Å². The number of nitrogens with zero attached hydrogens (tertiary/aromatic N) is 1. The molecular formula is C29H28N2O4S. The van der Waals surface area contributed by atoms with E-state index >= 15 is 0 Å². The average molecular weight is 501 g/mol. The van der Waals surface area contributed by atoms with Gasteiger partial charge in [0.1, 0.15) is 11.5 Å². The summed E-state index contributed by atoms with van der Waals surface area (Å²) < 4.78 is 5.62. The molecule has 7 heteroatoms. The summed E-state index contributed by atoms with van der Waals surface area (Å²) in [5, 5.41) is 14.4. The SMILES string of the molecule is CCOc1ccc(/C(O)=C2/C(=O)C(=O)N(CCc3c[nH]c4ccccc34)C2c2sccc2C)cc1C. The number of carbonyl (C=O) groups excluding carboxylic acids is 2. The third-order valence-corrected chi connectivity index (χ3v) is 7.81. The summed E-state index contributed by atoms with van der Waals surface area (Å²) in [6.07, 6.45) is 2.54. The van der Waals surface area contributed by atoms with Crippen LogP contribution in [0.2, 0.25) is 0 Å². The number of ketones is 1. The van der Waals surface area contributed by atoms with Gasteiger partial charge in [-0.05, 0) is 79.6 Å². The van der Waals surface area contributed by atoms with Crippen LogP contribution in [0.3, 0.4) is 0 Å².